The van der Waals surface area contributed by atoms with E-state index in [1.54, 1.807) is 0 Å². The van der Waals surface area contributed by atoms with E-state index in [9.17, 15) is 4.79 Å². The lowest BCUT2D eigenvalue weighted by molar-refractivity contribution is -0.155. The molecule has 0 aliphatic carbocycles. The molecule has 0 aromatic heterocycles. The summed E-state index contributed by atoms with van der Waals surface area (Å²) < 4.78 is 10.8. The molecule has 4 heteroatoms. The summed E-state index contributed by atoms with van der Waals surface area (Å²) in [5.41, 5.74) is -0.475. The second-order valence-corrected chi connectivity index (χ2v) is 4.95. The molecule has 4 nitrogen and oxygen atoms in total. The maximum absolute atomic E-state index is 11.9. The molecule has 2 fully saturated rings. The lowest BCUT2D eigenvalue weighted by atomic mass is 9.91. The highest BCUT2D eigenvalue weighted by atomic mass is 16.6. The van der Waals surface area contributed by atoms with E-state index in [0.29, 0.717) is 6.61 Å². The Hall–Kier alpha value is -0.610. The molecule has 2 rings (SSSR count). The van der Waals surface area contributed by atoms with Crippen molar-refractivity contribution in [3.8, 4) is 0 Å². The highest BCUT2D eigenvalue weighted by Gasteiger charge is 2.36. The molecule has 0 saturated carbocycles. The normalized spacial score (nSPS) is 34.9. The first-order valence-electron chi connectivity index (χ1n) is 6.24. The van der Waals surface area contributed by atoms with Crippen molar-refractivity contribution in [1.82, 2.24) is 5.32 Å². The topological polar surface area (TPSA) is 47.6 Å². The van der Waals surface area contributed by atoms with Gasteiger partial charge in [-0.3, -0.25) is 4.79 Å². The number of carbonyl (C=O) groups is 1. The first-order valence-corrected chi connectivity index (χ1v) is 6.24. The molecule has 0 amide bonds. The Bertz CT molecular complexity index is 243. The van der Waals surface area contributed by atoms with Crippen LogP contribution < -0.4 is 5.32 Å². The summed E-state index contributed by atoms with van der Waals surface area (Å²) in [5, 5.41) is 3.26. The first kappa shape index (κ1) is 11.9. The second-order valence-electron chi connectivity index (χ2n) is 4.95. The van der Waals surface area contributed by atoms with Crippen LogP contribution in [0.4, 0.5) is 0 Å². The van der Waals surface area contributed by atoms with E-state index >= 15 is 0 Å². The van der Waals surface area contributed by atoms with Gasteiger partial charge in [-0.15, -0.1) is 0 Å². The fraction of sp³-hybridized carbons (Fsp3) is 0.917. The summed E-state index contributed by atoms with van der Waals surface area (Å²) in [4.78, 5) is 11.9. The molecule has 2 aliphatic heterocycles. The molecule has 0 aromatic rings. The Balaban J connectivity index is 1.77. The van der Waals surface area contributed by atoms with Gasteiger partial charge in [0.1, 0.15) is 12.1 Å². The Morgan fingerprint density at radius 1 is 1.50 bits per heavy atom. The third-order valence-electron chi connectivity index (χ3n) is 3.49. The van der Waals surface area contributed by atoms with Crippen LogP contribution in [0.2, 0.25) is 0 Å². The Labute approximate surface area is 96.7 Å². The van der Waals surface area contributed by atoms with E-state index in [-0.39, 0.29) is 12.1 Å². The van der Waals surface area contributed by atoms with Gasteiger partial charge in [-0.05, 0) is 45.6 Å². The first-order chi connectivity index (χ1) is 7.71. The van der Waals surface area contributed by atoms with Crippen LogP contribution in [-0.2, 0) is 14.3 Å². The summed E-state index contributed by atoms with van der Waals surface area (Å²) in [7, 11) is 0. The van der Waals surface area contributed by atoms with Crippen molar-refractivity contribution in [2.45, 2.75) is 50.7 Å². The lowest BCUT2D eigenvalue weighted by Gasteiger charge is -2.32. The molecule has 92 valence electrons. The molecular formula is C12H21NO3. The molecule has 0 bridgehead atoms. The molecule has 2 heterocycles. The minimum atomic E-state index is -0.475. The molecule has 0 spiro atoms. The molecule has 2 atom stereocenters. The van der Waals surface area contributed by atoms with Gasteiger partial charge < -0.3 is 14.8 Å². The molecule has 2 unspecified atom stereocenters. The van der Waals surface area contributed by atoms with Gasteiger partial charge in [0.25, 0.3) is 0 Å². The molecule has 0 aromatic carbocycles. The Morgan fingerprint density at radius 3 is 3.00 bits per heavy atom. The van der Waals surface area contributed by atoms with Gasteiger partial charge in [0.05, 0.1) is 6.10 Å². The van der Waals surface area contributed by atoms with Crippen molar-refractivity contribution in [3.63, 3.8) is 0 Å². The summed E-state index contributed by atoms with van der Waals surface area (Å²) in [6, 6.07) is 0. The lowest BCUT2D eigenvalue weighted by Crippen LogP contribution is -2.53. The molecule has 1 N–H and O–H groups in total. The number of carbonyl (C=O) groups excluding carboxylic acids is 1. The van der Waals surface area contributed by atoms with Gasteiger partial charge >= 0.3 is 5.97 Å². The fourth-order valence-electron chi connectivity index (χ4n) is 2.33. The summed E-state index contributed by atoms with van der Waals surface area (Å²) in [6.07, 6.45) is 5.33. The SMILES string of the molecule is CC1(C(=O)OCC2CCCO2)CCCCN1. The Morgan fingerprint density at radius 2 is 2.38 bits per heavy atom. The van der Waals surface area contributed by atoms with Gasteiger partial charge in [-0.2, -0.15) is 0 Å². The zero-order valence-electron chi connectivity index (χ0n) is 9.96. The van der Waals surface area contributed by atoms with Crippen LogP contribution >= 0.6 is 0 Å². The molecule has 0 radical (unpaired) electrons. The minimum Gasteiger partial charge on any atom is -0.462 e. The van der Waals surface area contributed by atoms with Crippen molar-refractivity contribution >= 4 is 5.97 Å². The third-order valence-corrected chi connectivity index (χ3v) is 3.49. The number of esters is 1. The quantitative estimate of drug-likeness (QED) is 0.737. The number of piperidine rings is 1. The highest BCUT2D eigenvalue weighted by Crippen LogP contribution is 2.21. The van der Waals surface area contributed by atoms with Crippen LogP contribution in [0.15, 0.2) is 0 Å². The Kier molecular flexibility index (Phi) is 3.82. The van der Waals surface area contributed by atoms with Gasteiger partial charge in [0.15, 0.2) is 0 Å². The number of nitrogens with one attached hydrogen (secondary N) is 1. The fourth-order valence-corrected chi connectivity index (χ4v) is 2.33. The average Bonchev–Trinajstić information content (AvgIpc) is 2.79. The maximum Gasteiger partial charge on any atom is 0.326 e. The predicted molar refractivity (Wildman–Crippen MR) is 60.2 cm³/mol. The molecule has 2 saturated heterocycles. The zero-order valence-corrected chi connectivity index (χ0v) is 9.96. The number of ether oxygens (including phenoxy) is 2. The van der Waals surface area contributed by atoms with E-state index in [0.717, 1.165) is 45.3 Å². The van der Waals surface area contributed by atoms with Crippen LogP contribution in [0.3, 0.4) is 0 Å². The smallest absolute Gasteiger partial charge is 0.326 e. The minimum absolute atomic E-state index is 0.121. The number of hydrogen-bond acceptors (Lipinski definition) is 4. The van der Waals surface area contributed by atoms with E-state index in [1.807, 2.05) is 6.92 Å². The monoisotopic (exact) mass is 227 g/mol. The summed E-state index contributed by atoms with van der Waals surface area (Å²) in [5.74, 6) is -0.122. The van der Waals surface area contributed by atoms with Gasteiger partial charge in [0, 0.05) is 6.61 Å². The highest BCUT2D eigenvalue weighted by molar-refractivity contribution is 5.80. The molecular weight excluding hydrogens is 206 g/mol. The standard InChI is InChI=1S/C12H21NO3/c1-12(6-2-3-7-13-12)11(14)16-9-10-5-4-8-15-10/h10,13H,2-9H2,1H3. The van der Waals surface area contributed by atoms with E-state index in [2.05, 4.69) is 5.32 Å². The van der Waals surface area contributed by atoms with Gasteiger partial charge in [-0.1, -0.05) is 0 Å². The van der Waals surface area contributed by atoms with Crippen LogP contribution in [-0.4, -0.2) is 37.4 Å². The van der Waals surface area contributed by atoms with E-state index in [1.165, 1.54) is 0 Å². The molecule has 16 heavy (non-hydrogen) atoms. The van der Waals surface area contributed by atoms with Crippen LogP contribution in [0.1, 0.15) is 39.0 Å². The maximum atomic E-state index is 11.9. The largest absolute Gasteiger partial charge is 0.462 e. The van der Waals surface area contributed by atoms with Gasteiger partial charge in [-0.25, -0.2) is 0 Å². The van der Waals surface area contributed by atoms with Crippen LogP contribution in [0.5, 0.6) is 0 Å². The van der Waals surface area contributed by atoms with Crippen molar-refractivity contribution < 1.29 is 14.3 Å². The van der Waals surface area contributed by atoms with Crippen molar-refractivity contribution in [2.75, 3.05) is 19.8 Å². The second kappa shape index (κ2) is 5.15. The van der Waals surface area contributed by atoms with Crippen molar-refractivity contribution in [3.05, 3.63) is 0 Å². The van der Waals surface area contributed by atoms with E-state index < -0.39 is 5.54 Å². The summed E-state index contributed by atoms with van der Waals surface area (Å²) >= 11 is 0. The number of hydrogen-bond donors (Lipinski definition) is 1. The van der Waals surface area contributed by atoms with E-state index in [4.69, 9.17) is 9.47 Å². The van der Waals surface area contributed by atoms with Crippen LogP contribution in [0, 0.1) is 0 Å². The van der Waals surface area contributed by atoms with Crippen LogP contribution in [0.25, 0.3) is 0 Å². The predicted octanol–water partition coefficient (Wildman–Crippen LogP) is 1.24. The third kappa shape index (κ3) is 2.74. The average molecular weight is 227 g/mol. The van der Waals surface area contributed by atoms with Crippen molar-refractivity contribution in [1.29, 1.82) is 0 Å². The molecule has 2 aliphatic rings. The van der Waals surface area contributed by atoms with Crippen molar-refractivity contribution in [2.24, 2.45) is 0 Å². The number of rotatable bonds is 3. The zero-order chi connectivity index (χ0) is 11.4. The van der Waals surface area contributed by atoms with Gasteiger partial charge in [0.2, 0.25) is 0 Å². The summed E-state index contributed by atoms with van der Waals surface area (Å²) in [6.45, 7) is 4.06.